The quantitative estimate of drug-likeness (QED) is 0.397. The highest BCUT2D eigenvalue weighted by Crippen LogP contribution is 2.51. The number of hydrogen-bond acceptors (Lipinski definition) is 3. The molecular weight excluding hydrogens is 331 g/mol. The molecule has 0 spiro atoms. The zero-order valence-electron chi connectivity index (χ0n) is 14.8. The lowest BCUT2D eigenvalue weighted by molar-refractivity contribution is 0.219. The van der Waals surface area contributed by atoms with Crippen molar-refractivity contribution in [1.82, 2.24) is 0 Å². The van der Waals surface area contributed by atoms with Crippen LogP contribution in [0.1, 0.15) is 30.5 Å². The Balaban J connectivity index is 1.96. The van der Waals surface area contributed by atoms with E-state index < -0.39 is 7.60 Å². The molecule has 0 heterocycles. The van der Waals surface area contributed by atoms with Gasteiger partial charge in [0, 0.05) is 0 Å². The van der Waals surface area contributed by atoms with Crippen molar-refractivity contribution in [3.8, 4) is 0 Å². The number of benzene rings is 2. The van der Waals surface area contributed by atoms with Crippen LogP contribution in [-0.4, -0.2) is 13.2 Å². The zero-order valence-corrected chi connectivity index (χ0v) is 15.7. The smallest absolute Gasteiger partial charge is 0.309 e. The van der Waals surface area contributed by atoms with Gasteiger partial charge in [-0.05, 0) is 30.5 Å². The third-order valence-electron chi connectivity index (χ3n) is 3.50. The molecule has 4 heteroatoms. The molecule has 0 amide bonds. The lowest BCUT2D eigenvalue weighted by Crippen LogP contribution is -1.99. The van der Waals surface area contributed by atoms with Crippen LogP contribution in [0.2, 0.25) is 0 Å². The summed E-state index contributed by atoms with van der Waals surface area (Å²) in [6.07, 6.45) is 8.42. The van der Waals surface area contributed by atoms with E-state index in [-0.39, 0.29) is 0 Å². The van der Waals surface area contributed by atoms with Crippen LogP contribution in [0.5, 0.6) is 0 Å². The van der Waals surface area contributed by atoms with Gasteiger partial charge in [-0.15, -0.1) is 0 Å². The van der Waals surface area contributed by atoms with E-state index in [4.69, 9.17) is 9.05 Å². The van der Waals surface area contributed by atoms with E-state index in [9.17, 15) is 4.57 Å². The van der Waals surface area contributed by atoms with Crippen molar-refractivity contribution >= 4 is 19.7 Å². The third-order valence-corrected chi connectivity index (χ3v) is 5.55. The Kier molecular flexibility index (Phi) is 7.87. The van der Waals surface area contributed by atoms with E-state index >= 15 is 0 Å². The molecule has 25 heavy (non-hydrogen) atoms. The summed E-state index contributed by atoms with van der Waals surface area (Å²) in [5.41, 5.74) is 3.21. The highest BCUT2D eigenvalue weighted by molar-refractivity contribution is 7.53. The molecule has 0 aromatic heterocycles. The minimum atomic E-state index is -3.05. The fraction of sp³-hybridized carbons (Fsp3) is 0.238. The van der Waals surface area contributed by atoms with Crippen molar-refractivity contribution in [3.05, 3.63) is 83.4 Å². The first-order chi connectivity index (χ1) is 12.1. The molecule has 2 rings (SSSR count). The van der Waals surface area contributed by atoms with Crippen LogP contribution in [-0.2, 0) is 19.8 Å². The lowest BCUT2D eigenvalue weighted by Gasteiger charge is -2.16. The minimum absolute atomic E-state index is 0.298. The SMILES string of the molecule is CCOP(=O)(Cc1ccc(/C=C/C=C/c2ccccc2)cc1)OCC. The van der Waals surface area contributed by atoms with Crippen molar-refractivity contribution in [1.29, 1.82) is 0 Å². The molecule has 0 unspecified atom stereocenters. The van der Waals surface area contributed by atoms with E-state index in [1.54, 1.807) is 0 Å². The van der Waals surface area contributed by atoms with Gasteiger partial charge in [-0.2, -0.15) is 0 Å². The third kappa shape index (κ3) is 6.83. The molecule has 0 saturated carbocycles. The van der Waals surface area contributed by atoms with Crippen LogP contribution in [0, 0.1) is 0 Å². The van der Waals surface area contributed by atoms with Crippen LogP contribution in [0.3, 0.4) is 0 Å². The number of hydrogen-bond donors (Lipinski definition) is 0. The van der Waals surface area contributed by atoms with Crippen molar-refractivity contribution in [2.45, 2.75) is 20.0 Å². The van der Waals surface area contributed by atoms with Gasteiger partial charge in [-0.25, -0.2) is 0 Å². The number of rotatable bonds is 9. The molecule has 2 aromatic rings. The van der Waals surface area contributed by atoms with E-state index in [0.717, 1.165) is 11.1 Å². The van der Waals surface area contributed by atoms with Crippen LogP contribution >= 0.6 is 7.60 Å². The Morgan fingerprint density at radius 1 is 0.800 bits per heavy atom. The average Bonchev–Trinajstić information content (AvgIpc) is 2.61. The molecule has 0 N–H and O–H groups in total. The van der Waals surface area contributed by atoms with Crippen molar-refractivity contribution in [3.63, 3.8) is 0 Å². The van der Waals surface area contributed by atoms with Crippen molar-refractivity contribution in [2.75, 3.05) is 13.2 Å². The Labute approximate surface area is 150 Å². The fourth-order valence-electron chi connectivity index (χ4n) is 2.38. The highest BCUT2D eigenvalue weighted by atomic mass is 31.2. The topological polar surface area (TPSA) is 35.5 Å². The van der Waals surface area contributed by atoms with E-state index in [2.05, 4.69) is 18.2 Å². The van der Waals surface area contributed by atoms with Crippen molar-refractivity contribution < 1.29 is 13.6 Å². The molecule has 132 valence electrons. The van der Waals surface area contributed by atoms with Crippen LogP contribution in [0.25, 0.3) is 12.2 Å². The van der Waals surface area contributed by atoms with Gasteiger partial charge >= 0.3 is 7.60 Å². The molecule has 0 bridgehead atoms. The first kappa shape index (κ1) is 19.4. The lowest BCUT2D eigenvalue weighted by atomic mass is 10.1. The van der Waals surface area contributed by atoms with Gasteiger partial charge < -0.3 is 9.05 Å². The molecular formula is C21H25O3P. The second kappa shape index (κ2) is 10.1. The van der Waals surface area contributed by atoms with Crippen molar-refractivity contribution in [2.24, 2.45) is 0 Å². The summed E-state index contributed by atoms with van der Waals surface area (Å²) in [5, 5.41) is 0. The van der Waals surface area contributed by atoms with E-state index in [1.807, 2.05) is 74.5 Å². The summed E-state index contributed by atoms with van der Waals surface area (Å²) >= 11 is 0. The van der Waals surface area contributed by atoms with Gasteiger partial charge in [0.15, 0.2) is 0 Å². The second-order valence-corrected chi connectivity index (χ2v) is 7.53. The molecule has 0 saturated heterocycles. The normalized spacial score (nSPS) is 12.2. The first-order valence-electron chi connectivity index (χ1n) is 8.52. The standard InChI is InChI=1S/C21H25O3P/c1-3-23-25(22,24-4-2)18-21-16-14-20(15-17-21)13-9-8-12-19-10-6-5-7-11-19/h5-17H,3-4,18H2,1-2H3/b12-8+,13-9+. The van der Waals surface area contributed by atoms with Gasteiger partial charge in [0.1, 0.15) is 0 Å². The number of allylic oxidation sites excluding steroid dienone is 2. The summed E-state index contributed by atoms with van der Waals surface area (Å²) in [5.74, 6) is 0. The van der Waals surface area contributed by atoms with Gasteiger partial charge in [0.2, 0.25) is 0 Å². The summed E-state index contributed by atoms with van der Waals surface area (Å²) in [4.78, 5) is 0. The highest BCUT2D eigenvalue weighted by Gasteiger charge is 2.23. The molecule has 0 aliphatic rings. The van der Waals surface area contributed by atoms with Gasteiger partial charge in [0.25, 0.3) is 0 Å². The Morgan fingerprint density at radius 2 is 1.32 bits per heavy atom. The summed E-state index contributed by atoms with van der Waals surface area (Å²) in [7, 11) is -3.05. The fourth-order valence-corrected chi connectivity index (χ4v) is 4.08. The first-order valence-corrected chi connectivity index (χ1v) is 10.2. The maximum Gasteiger partial charge on any atom is 0.335 e. The van der Waals surface area contributed by atoms with E-state index in [1.165, 1.54) is 5.56 Å². The van der Waals surface area contributed by atoms with Crippen LogP contribution in [0.4, 0.5) is 0 Å². The van der Waals surface area contributed by atoms with Gasteiger partial charge in [-0.1, -0.05) is 78.9 Å². The van der Waals surface area contributed by atoms with E-state index in [0.29, 0.717) is 19.4 Å². The second-order valence-electron chi connectivity index (χ2n) is 5.48. The molecule has 0 radical (unpaired) electrons. The minimum Gasteiger partial charge on any atom is -0.309 e. The summed E-state index contributed by atoms with van der Waals surface area (Å²) < 4.78 is 23.2. The largest absolute Gasteiger partial charge is 0.335 e. The summed E-state index contributed by atoms with van der Waals surface area (Å²) in [6.45, 7) is 4.41. The summed E-state index contributed by atoms with van der Waals surface area (Å²) in [6, 6.07) is 18.1. The van der Waals surface area contributed by atoms with Gasteiger partial charge in [0.05, 0.1) is 19.4 Å². The monoisotopic (exact) mass is 356 g/mol. The Bertz CT molecular complexity index is 723. The Morgan fingerprint density at radius 3 is 1.84 bits per heavy atom. The predicted octanol–water partition coefficient (Wildman–Crippen LogP) is 6.18. The molecule has 3 nitrogen and oxygen atoms in total. The van der Waals surface area contributed by atoms with Crippen LogP contribution < -0.4 is 0 Å². The van der Waals surface area contributed by atoms with Gasteiger partial charge in [-0.3, -0.25) is 4.57 Å². The molecule has 0 aliphatic carbocycles. The molecule has 0 aliphatic heterocycles. The Hall–Kier alpha value is -1.93. The molecule has 2 aromatic carbocycles. The predicted molar refractivity (Wildman–Crippen MR) is 106 cm³/mol. The molecule has 0 atom stereocenters. The maximum atomic E-state index is 12.5. The average molecular weight is 356 g/mol. The van der Waals surface area contributed by atoms with Crippen LogP contribution in [0.15, 0.2) is 66.7 Å². The zero-order chi connectivity index (χ0) is 18.0. The maximum absolute atomic E-state index is 12.5. The molecule has 0 fully saturated rings.